The highest BCUT2D eigenvalue weighted by molar-refractivity contribution is 6.35. The Bertz CT molecular complexity index is 1110. The fourth-order valence-corrected chi connectivity index (χ4v) is 5.32. The van der Waals surface area contributed by atoms with Crippen molar-refractivity contribution >= 4 is 45.6 Å². The molecule has 0 heterocycles. The highest BCUT2D eigenvalue weighted by atomic mass is 35.5. The van der Waals surface area contributed by atoms with Gasteiger partial charge in [0.15, 0.2) is 0 Å². The van der Waals surface area contributed by atoms with Crippen LogP contribution in [-0.2, 0) is 10.2 Å². The number of amides is 1. The topological polar surface area (TPSA) is 38.3 Å². The predicted molar refractivity (Wildman–Crippen MR) is 134 cm³/mol. The molecule has 4 rings (SSSR count). The average molecular weight is 470 g/mol. The molecule has 0 saturated heterocycles. The number of halogens is 2. The zero-order valence-corrected chi connectivity index (χ0v) is 19.9. The molecule has 0 spiro atoms. The van der Waals surface area contributed by atoms with Gasteiger partial charge in [0.1, 0.15) is 5.75 Å². The maximum absolute atomic E-state index is 13.8. The van der Waals surface area contributed by atoms with E-state index in [-0.39, 0.29) is 5.91 Å². The highest BCUT2D eigenvalue weighted by Gasteiger charge is 2.42. The van der Waals surface area contributed by atoms with Crippen LogP contribution in [0.5, 0.6) is 5.75 Å². The normalized spacial score (nSPS) is 15.5. The quantitative estimate of drug-likeness (QED) is 0.354. The second kappa shape index (κ2) is 10.1. The van der Waals surface area contributed by atoms with E-state index >= 15 is 0 Å². The summed E-state index contributed by atoms with van der Waals surface area (Å²) in [6.45, 7) is 2.83. The van der Waals surface area contributed by atoms with E-state index in [1.54, 1.807) is 6.07 Å². The van der Waals surface area contributed by atoms with Gasteiger partial charge in [-0.05, 0) is 49.1 Å². The van der Waals surface area contributed by atoms with Crippen molar-refractivity contribution in [1.82, 2.24) is 0 Å². The van der Waals surface area contributed by atoms with Crippen molar-refractivity contribution in [2.75, 3.05) is 11.9 Å². The van der Waals surface area contributed by atoms with Crippen LogP contribution in [0.3, 0.4) is 0 Å². The van der Waals surface area contributed by atoms with Crippen molar-refractivity contribution in [1.29, 1.82) is 0 Å². The fourth-order valence-electron chi connectivity index (χ4n) is 4.73. The van der Waals surface area contributed by atoms with Crippen molar-refractivity contribution in [2.45, 2.75) is 57.3 Å². The van der Waals surface area contributed by atoms with Crippen LogP contribution in [0.4, 0.5) is 5.69 Å². The number of ether oxygens (including phenoxy) is 1. The van der Waals surface area contributed by atoms with Crippen LogP contribution >= 0.6 is 23.2 Å². The first-order chi connectivity index (χ1) is 15.5. The summed E-state index contributed by atoms with van der Waals surface area (Å²) >= 11 is 12.7. The van der Waals surface area contributed by atoms with E-state index in [0.717, 1.165) is 72.7 Å². The first kappa shape index (κ1) is 22.9. The predicted octanol–water partition coefficient (Wildman–Crippen LogP) is 8.17. The lowest BCUT2D eigenvalue weighted by molar-refractivity contribution is -0.122. The number of hydrogen-bond acceptors (Lipinski definition) is 2. The van der Waals surface area contributed by atoms with Gasteiger partial charge >= 0.3 is 0 Å². The SMILES string of the molecule is CCCCOc1ccc(NC(=O)C2(c3ccc(Cl)cc3Cl)CCCCC2)c2ccccc12. The Morgan fingerprint density at radius 2 is 1.75 bits per heavy atom. The van der Waals surface area contributed by atoms with Crippen LogP contribution in [0.25, 0.3) is 10.8 Å². The molecule has 3 aromatic carbocycles. The molecule has 168 valence electrons. The molecule has 1 aliphatic rings. The van der Waals surface area contributed by atoms with Gasteiger partial charge in [-0.3, -0.25) is 4.79 Å². The number of rotatable bonds is 7. The molecule has 32 heavy (non-hydrogen) atoms. The second-order valence-electron chi connectivity index (χ2n) is 8.58. The van der Waals surface area contributed by atoms with Gasteiger partial charge in [0.05, 0.1) is 12.0 Å². The zero-order chi connectivity index (χ0) is 22.6. The number of carbonyl (C=O) groups is 1. The number of carbonyl (C=O) groups excluding carboxylic acids is 1. The highest BCUT2D eigenvalue weighted by Crippen LogP contribution is 2.44. The smallest absolute Gasteiger partial charge is 0.235 e. The van der Waals surface area contributed by atoms with E-state index < -0.39 is 5.41 Å². The third-order valence-corrected chi connectivity index (χ3v) is 7.02. The molecule has 1 saturated carbocycles. The van der Waals surface area contributed by atoms with E-state index in [1.807, 2.05) is 48.5 Å². The molecule has 5 heteroatoms. The summed E-state index contributed by atoms with van der Waals surface area (Å²) in [4.78, 5) is 13.8. The monoisotopic (exact) mass is 469 g/mol. The van der Waals surface area contributed by atoms with Crippen LogP contribution in [0.2, 0.25) is 10.0 Å². The van der Waals surface area contributed by atoms with Crippen LogP contribution in [0.15, 0.2) is 54.6 Å². The molecule has 3 aromatic rings. The van der Waals surface area contributed by atoms with Crippen molar-refractivity contribution < 1.29 is 9.53 Å². The number of nitrogens with one attached hydrogen (secondary N) is 1. The van der Waals surface area contributed by atoms with E-state index in [9.17, 15) is 4.79 Å². The maximum Gasteiger partial charge on any atom is 0.235 e. The summed E-state index contributed by atoms with van der Waals surface area (Å²) in [5.74, 6) is 0.839. The van der Waals surface area contributed by atoms with Crippen molar-refractivity contribution in [3.63, 3.8) is 0 Å². The second-order valence-corrected chi connectivity index (χ2v) is 9.42. The molecule has 0 aromatic heterocycles. The third-order valence-electron chi connectivity index (χ3n) is 6.48. The standard InChI is InChI=1S/C27H29Cl2NO2/c1-2-3-17-32-25-14-13-24(20-9-5-6-10-21(20)25)30-26(31)27(15-7-4-8-16-27)22-12-11-19(28)18-23(22)29/h5-6,9-14,18H,2-4,7-8,15-17H2,1H3,(H,30,31). The van der Waals surface area contributed by atoms with Crippen LogP contribution in [-0.4, -0.2) is 12.5 Å². The summed E-state index contributed by atoms with van der Waals surface area (Å²) < 4.78 is 6.01. The third kappa shape index (κ3) is 4.60. The number of fused-ring (bicyclic) bond motifs is 1. The lowest BCUT2D eigenvalue weighted by atomic mass is 9.68. The Balaban J connectivity index is 1.69. The molecule has 1 N–H and O–H groups in total. The molecule has 1 amide bonds. The van der Waals surface area contributed by atoms with Gasteiger partial charge in [0.25, 0.3) is 0 Å². The van der Waals surface area contributed by atoms with Gasteiger partial charge < -0.3 is 10.1 Å². The van der Waals surface area contributed by atoms with Gasteiger partial charge in [-0.15, -0.1) is 0 Å². The summed E-state index contributed by atoms with van der Waals surface area (Å²) in [5.41, 5.74) is 1.00. The first-order valence-electron chi connectivity index (χ1n) is 11.5. The van der Waals surface area contributed by atoms with Gasteiger partial charge in [-0.1, -0.05) is 86.1 Å². The number of unbranched alkanes of at least 4 members (excludes halogenated alkanes) is 1. The van der Waals surface area contributed by atoms with Crippen LogP contribution < -0.4 is 10.1 Å². The lowest BCUT2D eigenvalue weighted by Crippen LogP contribution is -2.42. The van der Waals surface area contributed by atoms with Crippen molar-refractivity contribution in [3.8, 4) is 5.75 Å². The number of anilines is 1. The number of hydrogen-bond donors (Lipinski definition) is 1. The average Bonchev–Trinajstić information content (AvgIpc) is 2.81. The molecule has 3 nitrogen and oxygen atoms in total. The maximum atomic E-state index is 13.8. The van der Waals surface area contributed by atoms with Gasteiger partial charge in [-0.25, -0.2) is 0 Å². The summed E-state index contributed by atoms with van der Waals surface area (Å²) in [6.07, 6.45) is 6.77. The number of benzene rings is 3. The van der Waals surface area contributed by atoms with E-state index in [4.69, 9.17) is 27.9 Å². The summed E-state index contributed by atoms with van der Waals surface area (Å²) in [5, 5.41) is 6.36. The minimum atomic E-state index is -0.655. The molecule has 1 fully saturated rings. The molecular weight excluding hydrogens is 441 g/mol. The van der Waals surface area contributed by atoms with Crippen LogP contribution in [0.1, 0.15) is 57.4 Å². The molecule has 0 unspecified atom stereocenters. The van der Waals surface area contributed by atoms with Crippen LogP contribution in [0, 0.1) is 0 Å². The Morgan fingerprint density at radius 3 is 2.47 bits per heavy atom. The lowest BCUT2D eigenvalue weighted by Gasteiger charge is -2.37. The molecule has 0 bridgehead atoms. The minimum absolute atomic E-state index is 0.00812. The molecule has 0 radical (unpaired) electrons. The van der Waals surface area contributed by atoms with E-state index in [1.165, 1.54) is 0 Å². The Hall–Kier alpha value is -2.23. The van der Waals surface area contributed by atoms with Crippen molar-refractivity contribution in [3.05, 3.63) is 70.2 Å². The minimum Gasteiger partial charge on any atom is -0.493 e. The molecule has 1 aliphatic carbocycles. The molecular formula is C27H29Cl2NO2. The Labute approximate surface area is 200 Å². The van der Waals surface area contributed by atoms with Crippen molar-refractivity contribution in [2.24, 2.45) is 0 Å². The molecule has 0 atom stereocenters. The Kier molecular flexibility index (Phi) is 7.27. The first-order valence-corrected chi connectivity index (χ1v) is 12.2. The van der Waals surface area contributed by atoms with Gasteiger partial charge in [-0.2, -0.15) is 0 Å². The fraction of sp³-hybridized carbons (Fsp3) is 0.370. The van der Waals surface area contributed by atoms with Gasteiger partial charge in [0, 0.05) is 26.5 Å². The Morgan fingerprint density at radius 1 is 1.00 bits per heavy atom. The van der Waals surface area contributed by atoms with Gasteiger partial charge in [0.2, 0.25) is 5.91 Å². The summed E-state index contributed by atoms with van der Waals surface area (Å²) in [6, 6.07) is 17.4. The largest absolute Gasteiger partial charge is 0.493 e. The molecule has 0 aliphatic heterocycles. The summed E-state index contributed by atoms with van der Waals surface area (Å²) in [7, 11) is 0. The van der Waals surface area contributed by atoms with E-state index in [2.05, 4.69) is 12.2 Å². The zero-order valence-electron chi connectivity index (χ0n) is 18.4. The van der Waals surface area contributed by atoms with E-state index in [0.29, 0.717) is 16.7 Å².